The molecule has 5 nitrogen and oxygen atoms in total. The predicted molar refractivity (Wildman–Crippen MR) is 108 cm³/mol. The van der Waals surface area contributed by atoms with E-state index in [4.69, 9.17) is 27.9 Å². The van der Waals surface area contributed by atoms with Gasteiger partial charge in [0.1, 0.15) is 5.75 Å². The Morgan fingerprint density at radius 2 is 2.00 bits per heavy atom. The number of ether oxygens (including phenoxy) is 1. The average Bonchev–Trinajstić information content (AvgIpc) is 2.96. The minimum absolute atomic E-state index is 0.516. The minimum atomic E-state index is 0.516. The molecule has 0 radical (unpaired) electrons. The fourth-order valence-corrected chi connectivity index (χ4v) is 3.01. The fourth-order valence-electron chi connectivity index (χ4n) is 2.55. The molecule has 0 fully saturated rings. The lowest BCUT2D eigenvalue weighted by molar-refractivity contribution is 0.303. The van der Waals surface area contributed by atoms with Crippen LogP contribution in [0.1, 0.15) is 6.42 Å². The summed E-state index contributed by atoms with van der Waals surface area (Å²) >= 11 is 12.0. The molecule has 3 rings (SSSR count). The van der Waals surface area contributed by atoms with E-state index in [0.29, 0.717) is 28.3 Å². The molecule has 0 aliphatic heterocycles. The zero-order valence-electron chi connectivity index (χ0n) is 14.7. The molecule has 0 aliphatic carbocycles. The molecule has 136 valence electrons. The highest BCUT2D eigenvalue weighted by Crippen LogP contribution is 2.28. The maximum atomic E-state index is 6.13. The van der Waals surface area contributed by atoms with E-state index < -0.39 is 0 Å². The van der Waals surface area contributed by atoms with Crippen molar-refractivity contribution in [3.05, 3.63) is 52.5 Å². The van der Waals surface area contributed by atoms with Crippen LogP contribution in [0, 0.1) is 0 Å². The normalized spacial score (nSPS) is 11.4. The van der Waals surface area contributed by atoms with Crippen LogP contribution in [-0.4, -0.2) is 41.5 Å². The first-order valence-corrected chi connectivity index (χ1v) is 9.04. The number of aliphatic imine (C=N–C) groups is 1. The maximum absolute atomic E-state index is 6.13. The van der Waals surface area contributed by atoms with Gasteiger partial charge in [0.25, 0.3) is 0 Å². The van der Waals surface area contributed by atoms with Gasteiger partial charge in [-0.1, -0.05) is 35.3 Å². The lowest BCUT2D eigenvalue weighted by atomic mass is 10.3. The summed E-state index contributed by atoms with van der Waals surface area (Å²) in [6.07, 6.45) is 2.55. The standard InChI is InChI=1S/C19H20Cl2N4O/c1-24(2)13-22-19-23-16-6-3-4-7-17(16)25(19)10-5-11-26-18-9-8-14(20)12-15(18)21/h3-4,6-9,12-13H,5,10-11H2,1-2H3/b22-13+. The number of fused-ring (bicyclic) bond motifs is 1. The van der Waals surface area contributed by atoms with Crippen molar-refractivity contribution in [1.29, 1.82) is 0 Å². The van der Waals surface area contributed by atoms with Gasteiger partial charge in [0.15, 0.2) is 0 Å². The van der Waals surface area contributed by atoms with Crippen molar-refractivity contribution in [3.8, 4) is 5.75 Å². The van der Waals surface area contributed by atoms with Gasteiger partial charge in [0.05, 0.1) is 29.0 Å². The predicted octanol–water partition coefficient (Wildman–Crippen LogP) is 5.03. The van der Waals surface area contributed by atoms with E-state index in [9.17, 15) is 0 Å². The van der Waals surface area contributed by atoms with Crippen LogP contribution in [0.5, 0.6) is 5.75 Å². The first-order chi connectivity index (χ1) is 12.5. The van der Waals surface area contributed by atoms with Gasteiger partial charge in [-0.3, -0.25) is 0 Å². The summed E-state index contributed by atoms with van der Waals surface area (Å²) in [5.41, 5.74) is 1.99. The van der Waals surface area contributed by atoms with Crippen molar-refractivity contribution < 1.29 is 4.74 Å². The number of rotatable bonds is 7. The van der Waals surface area contributed by atoms with Crippen LogP contribution >= 0.6 is 23.2 Å². The van der Waals surface area contributed by atoms with Gasteiger partial charge in [-0.15, -0.1) is 0 Å². The highest BCUT2D eigenvalue weighted by Gasteiger charge is 2.09. The Morgan fingerprint density at radius 3 is 2.77 bits per heavy atom. The molecule has 0 bridgehead atoms. The number of nitrogens with zero attached hydrogens (tertiary/aromatic N) is 4. The highest BCUT2D eigenvalue weighted by atomic mass is 35.5. The van der Waals surface area contributed by atoms with Gasteiger partial charge in [0, 0.05) is 25.7 Å². The van der Waals surface area contributed by atoms with Gasteiger partial charge in [0.2, 0.25) is 5.95 Å². The fraction of sp³-hybridized carbons (Fsp3) is 0.263. The average molecular weight is 391 g/mol. The number of benzene rings is 2. The SMILES string of the molecule is CN(C)/C=N/c1nc2ccccc2n1CCCOc1ccc(Cl)cc1Cl. The summed E-state index contributed by atoms with van der Waals surface area (Å²) < 4.78 is 7.87. The van der Waals surface area contributed by atoms with Gasteiger partial charge in [-0.2, -0.15) is 0 Å². The molecule has 0 amide bonds. The molecular weight excluding hydrogens is 371 g/mol. The van der Waals surface area contributed by atoms with E-state index in [1.807, 2.05) is 43.3 Å². The Kier molecular flexibility index (Phi) is 6.01. The topological polar surface area (TPSA) is 42.7 Å². The summed E-state index contributed by atoms with van der Waals surface area (Å²) in [5.74, 6) is 1.32. The molecule has 0 N–H and O–H groups in total. The molecule has 3 aromatic rings. The lowest BCUT2D eigenvalue weighted by Crippen LogP contribution is -2.08. The second-order valence-electron chi connectivity index (χ2n) is 6.04. The Morgan fingerprint density at radius 1 is 1.19 bits per heavy atom. The molecule has 0 spiro atoms. The number of hydrogen-bond acceptors (Lipinski definition) is 3. The summed E-state index contributed by atoms with van der Waals surface area (Å²) in [4.78, 5) is 11.0. The van der Waals surface area contributed by atoms with Gasteiger partial charge < -0.3 is 14.2 Å². The number of aryl methyl sites for hydroxylation is 1. The highest BCUT2D eigenvalue weighted by molar-refractivity contribution is 6.35. The molecule has 0 aliphatic rings. The van der Waals surface area contributed by atoms with Crippen molar-refractivity contribution in [2.45, 2.75) is 13.0 Å². The maximum Gasteiger partial charge on any atom is 0.231 e. The van der Waals surface area contributed by atoms with Crippen LogP contribution in [0.25, 0.3) is 11.0 Å². The monoisotopic (exact) mass is 390 g/mol. The third-order valence-corrected chi connectivity index (χ3v) is 4.25. The Hall–Kier alpha value is -2.24. The molecule has 26 heavy (non-hydrogen) atoms. The Balaban J connectivity index is 1.70. The molecule has 0 saturated carbocycles. The van der Waals surface area contributed by atoms with Gasteiger partial charge in [-0.05, 0) is 36.8 Å². The largest absolute Gasteiger partial charge is 0.492 e. The summed E-state index contributed by atoms with van der Waals surface area (Å²) in [6, 6.07) is 13.2. The van der Waals surface area contributed by atoms with Crippen molar-refractivity contribution in [1.82, 2.24) is 14.5 Å². The molecule has 0 unspecified atom stereocenters. The molecule has 0 saturated heterocycles. The van der Waals surface area contributed by atoms with Gasteiger partial charge in [-0.25, -0.2) is 9.98 Å². The van der Waals surface area contributed by atoms with Crippen molar-refractivity contribution in [3.63, 3.8) is 0 Å². The molecule has 1 heterocycles. The van der Waals surface area contributed by atoms with Crippen molar-refractivity contribution >= 4 is 46.5 Å². The zero-order valence-corrected chi connectivity index (χ0v) is 16.2. The smallest absolute Gasteiger partial charge is 0.231 e. The molecule has 1 aromatic heterocycles. The van der Waals surface area contributed by atoms with Crippen LogP contribution < -0.4 is 4.74 Å². The number of hydrogen-bond donors (Lipinski definition) is 0. The molecule has 0 atom stereocenters. The number of para-hydroxylation sites is 2. The lowest BCUT2D eigenvalue weighted by Gasteiger charge is -2.10. The van der Waals surface area contributed by atoms with Crippen molar-refractivity contribution in [2.75, 3.05) is 20.7 Å². The van der Waals surface area contributed by atoms with E-state index >= 15 is 0 Å². The Bertz CT molecular complexity index is 921. The summed E-state index contributed by atoms with van der Waals surface area (Å²) in [5, 5.41) is 1.11. The van der Waals surface area contributed by atoms with E-state index in [-0.39, 0.29) is 0 Å². The number of aromatic nitrogens is 2. The van der Waals surface area contributed by atoms with Crippen LogP contribution in [-0.2, 0) is 6.54 Å². The number of imidazole rings is 1. The molecular formula is C19H20Cl2N4O. The van der Waals surface area contributed by atoms with Crippen LogP contribution in [0.15, 0.2) is 47.5 Å². The minimum Gasteiger partial charge on any atom is -0.492 e. The summed E-state index contributed by atoms with van der Waals surface area (Å²) in [6.45, 7) is 1.27. The van der Waals surface area contributed by atoms with Crippen molar-refractivity contribution in [2.24, 2.45) is 4.99 Å². The third-order valence-electron chi connectivity index (χ3n) is 3.72. The summed E-state index contributed by atoms with van der Waals surface area (Å²) in [7, 11) is 3.86. The van der Waals surface area contributed by atoms with E-state index in [1.165, 1.54) is 0 Å². The first-order valence-electron chi connectivity index (χ1n) is 8.28. The third kappa shape index (κ3) is 4.48. The first kappa shape index (κ1) is 18.5. The van der Waals surface area contributed by atoms with Crippen LogP contribution in [0.2, 0.25) is 10.0 Å². The number of halogens is 2. The Labute approximate surface area is 162 Å². The molecule has 2 aromatic carbocycles. The molecule has 7 heteroatoms. The van der Waals surface area contributed by atoms with Gasteiger partial charge >= 0.3 is 0 Å². The van der Waals surface area contributed by atoms with Crippen LogP contribution in [0.4, 0.5) is 5.95 Å². The second kappa shape index (κ2) is 8.43. The van der Waals surface area contributed by atoms with E-state index in [1.54, 1.807) is 24.5 Å². The van der Waals surface area contributed by atoms with Crippen LogP contribution in [0.3, 0.4) is 0 Å². The van der Waals surface area contributed by atoms with E-state index in [2.05, 4.69) is 14.5 Å². The quantitative estimate of drug-likeness (QED) is 0.322. The zero-order chi connectivity index (χ0) is 18.5. The second-order valence-corrected chi connectivity index (χ2v) is 6.88. The van der Waals surface area contributed by atoms with E-state index in [0.717, 1.165) is 24.0 Å².